The lowest BCUT2D eigenvalue weighted by molar-refractivity contribution is -0.135. The molecular weight excluding hydrogens is 375 g/mol. The summed E-state index contributed by atoms with van der Waals surface area (Å²) in [4.78, 5) is 15.2. The van der Waals surface area contributed by atoms with E-state index in [-0.39, 0.29) is 24.8 Å². The van der Waals surface area contributed by atoms with Crippen LogP contribution in [0.5, 0.6) is 0 Å². The number of hydrogen-bond donors (Lipinski definition) is 2. The zero-order chi connectivity index (χ0) is 20.2. The topological polar surface area (TPSA) is 88.3 Å². The van der Waals surface area contributed by atoms with E-state index in [9.17, 15) is 9.50 Å². The molecule has 1 aromatic carbocycles. The number of fused-ring (bicyclic) bond motifs is 1. The van der Waals surface area contributed by atoms with Crippen molar-refractivity contribution in [2.45, 2.75) is 18.9 Å². The van der Waals surface area contributed by atoms with Gasteiger partial charge in [-0.15, -0.1) is 6.58 Å². The fraction of sp³-hybridized carbons (Fsp3) is 0.350. The first kappa shape index (κ1) is 19.4. The van der Waals surface area contributed by atoms with Crippen molar-refractivity contribution in [1.82, 2.24) is 24.4 Å². The van der Waals surface area contributed by atoms with Crippen LogP contribution in [0.15, 0.2) is 49.6 Å². The summed E-state index contributed by atoms with van der Waals surface area (Å²) in [6.45, 7) is 5.96. The van der Waals surface area contributed by atoms with Gasteiger partial charge in [0.1, 0.15) is 18.4 Å². The highest BCUT2D eigenvalue weighted by atomic mass is 19.1. The van der Waals surface area contributed by atoms with Crippen molar-refractivity contribution in [1.29, 1.82) is 0 Å². The Bertz CT molecular complexity index is 977. The van der Waals surface area contributed by atoms with Gasteiger partial charge in [0.25, 0.3) is 0 Å². The molecule has 3 heterocycles. The largest absolute Gasteiger partial charge is 0.394 e. The zero-order valence-electron chi connectivity index (χ0n) is 15.9. The van der Waals surface area contributed by atoms with E-state index >= 15 is 0 Å². The van der Waals surface area contributed by atoms with Crippen LogP contribution in [-0.4, -0.2) is 61.9 Å². The van der Waals surface area contributed by atoms with Gasteiger partial charge in [-0.25, -0.2) is 19.3 Å². The van der Waals surface area contributed by atoms with Crippen molar-refractivity contribution >= 4 is 17.0 Å². The van der Waals surface area contributed by atoms with Crippen LogP contribution in [-0.2, 0) is 11.3 Å². The molecule has 1 fully saturated rings. The summed E-state index contributed by atoms with van der Waals surface area (Å²) >= 11 is 0. The Kier molecular flexibility index (Phi) is 5.79. The number of nitrogens with one attached hydrogen (secondary N) is 1. The first-order valence-electron chi connectivity index (χ1n) is 9.43. The van der Waals surface area contributed by atoms with Gasteiger partial charge in [0.15, 0.2) is 17.0 Å². The number of hydrogen-bond acceptors (Lipinski definition) is 7. The molecule has 9 heteroatoms. The molecule has 0 radical (unpaired) electrons. The van der Waals surface area contributed by atoms with Crippen LogP contribution in [0, 0.1) is 5.82 Å². The number of aliphatic hydroxyl groups is 1. The predicted molar refractivity (Wildman–Crippen MR) is 107 cm³/mol. The molecule has 1 saturated heterocycles. The van der Waals surface area contributed by atoms with Crippen molar-refractivity contribution in [3.05, 3.63) is 61.0 Å². The summed E-state index contributed by atoms with van der Waals surface area (Å²) in [6, 6.07) is 6.44. The Hall–Kier alpha value is -2.88. The first-order chi connectivity index (χ1) is 14.2. The Morgan fingerprint density at radius 1 is 1.24 bits per heavy atom. The van der Waals surface area contributed by atoms with Crippen molar-refractivity contribution in [3.63, 3.8) is 0 Å². The second-order valence-electron chi connectivity index (χ2n) is 6.93. The van der Waals surface area contributed by atoms with Crippen LogP contribution in [0.3, 0.4) is 0 Å². The number of rotatable bonds is 7. The second kappa shape index (κ2) is 8.64. The van der Waals surface area contributed by atoms with Crippen LogP contribution >= 0.6 is 0 Å². The Morgan fingerprint density at radius 3 is 2.83 bits per heavy atom. The average molecular weight is 398 g/mol. The number of aliphatic hydroxyl groups excluding tert-OH is 1. The normalized spacial score (nSPS) is 20.1. The molecule has 2 N–H and O–H groups in total. The molecule has 2 atom stereocenters. The number of ether oxygens (including phenoxy) is 1. The lowest BCUT2D eigenvalue weighted by atomic mass is 10.1. The van der Waals surface area contributed by atoms with E-state index in [2.05, 4.69) is 31.7 Å². The smallest absolute Gasteiger partial charge is 0.167 e. The van der Waals surface area contributed by atoms with Gasteiger partial charge in [-0.2, -0.15) is 0 Å². The van der Waals surface area contributed by atoms with Crippen molar-refractivity contribution in [3.8, 4) is 0 Å². The third kappa shape index (κ3) is 4.26. The average Bonchev–Trinajstić information content (AvgIpc) is 3.18. The molecule has 152 valence electrons. The molecule has 0 aliphatic carbocycles. The molecule has 0 spiro atoms. The lowest BCUT2D eigenvalue weighted by Gasteiger charge is -2.37. The maximum atomic E-state index is 13.2. The molecular formula is C20H23FN6O2. The van der Waals surface area contributed by atoms with Crippen LogP contribution in [0.1, 0.15) is 11.8 Å². The number of morpholine rings is 1. The highest BCUT2D eigenvalue weighted by molar-refractivity contribution is 5.82. The number of nitrogens with zero attached hydrogens (tertiary/aromatic N) is 5. The van der Waals surface area contributed by atoms with Gasteiger partial charge in [0.05, 0.1) is 19.0 Å². The van der Waals surface area contributed by atoms with Gasteiger partial charge in [0, 0.05) is 26.2 Å². The summed E-state index contributed by atoms with van der Waals surface area (Å²) < 4.78 is 21.1. The summed E-state index contributed by atoms with van der Waals surface area (Å²) in [7, 11) is 0. The van der Waals surface area contributed by atoms with Gasteiger partial charge in [0.2, 0.25) is 0 Å². The highest BCUT2D eigenvalue weighted by Crippen LogP contribution is 2.26. The molecule has 3 aromatic rings. The quantitative estimate of drug-likeness (QED) is 0.588. The summed E-state index contributed by atoms with van der Waals surface area (Å²) in [5, 5.41) is 12.9. The molecule has 1 aliphatic heterocycles. The van der Waals surface area contributed by atoms with E-state index in [1.165, 1.54) is 18.5 Å². The summed E-state index contributed by atoms with van der Waals surface area (Å²) in [6.07, 6.45) is 4.20. The first-order valence-corrected chi connectivity index (χ1v) is 9.43. The van der Waals surface area contributed by atoms with Gasteiger partial charge in [-0.3, -0.25) is 9.47 Å². The van der Waals surface area contributed by atoms with Crippen LogP contribution in [0.2, 0.25) is 0 Å². The minimum Gasteiger partial charge on any atom is -0.394 e. The van der Waals surface area contributed by atoms with E-state index < -0.39 is 0 Å². The fourth-order valence-corrected chi connectivity index (χ4v) is 3.48. The molecule has 29 heavy (non-hydrogen) atoms. The molecule has 0 amide bonds. The highest BCUT2D eigenvalue weighted by Gasteiger charge is 2.30. The number of imidazole rings is 1. The SMILES string of the molecule is C=CCNc1ncnc2c1ncn2[C@H]1CN(Cc2ccc(F)cc2)C[C@@H](CO)O1. The van der Waals surface area contributed by atoms with E-state index in [1.54, 1.807) is 24.5 Å². The van der Waals surface area contributed by atoms with Crippen molar-refractivity contribution in [2.75, 3.05) is 31.6 Å². The van der Waals surface area contributed by atoms with E-state index in [0.717, 1.165) is 5.56 Å². The third-order valence-electron chi connectivity index (χ3n) is 4.83. The lowest BCUT2D eigenvalue weighted by Crippen LogP contribution is -2.46. The molecule has 4 rings (SSSR count). The third-order valence-corrected chi connectivity index (χ3v) is 4.83. The van der Waals surface area contributed by atoms with E-state index in [0.29, 0.717) is 43.2 Å². The molecule has 1 aliphatic rings. The standard InChI is InChI=1S/C20H23FN6O2/c1-2-7-22-19-18-20(24-12-23-19)27(13-25-18)17-10-26(9-16(11-28)29-17)8-14-3-5-15(21)6-4-14/h2-6,12-13,16-17,28H,1,7-11H2,(H,22,23,24)/t16-,17+/m0/s1. The Labute approximate surface area is 167 Å². The monoisotopic (exact) mass is 398 g/mol. The maximum Gasteiger partial charge on any atom is 0.167 e. The fourth-order valence-electron chi connectivity index (χ4n) is 3.48. The van der Waals surface area contributed by atoms with Crippen LogP contribution in [0.4, 0.5) is 10.2 Å². The van der Waals surface area contributed by atoms with E-state index in [4.69, 9.17) is 4.74 Å². The number of anilines is 1. The van der Waals surface area contributed by atoms with Crippen molar-refractivity contribution in [2.24, 2.45) is 0 Å². The molecule has 0 unspecified atom stereocenters. The Balaban J connectivity index is 1.58. The molecule has 0 saturated carbocycles. The predicted octanol–water partition coefficient (Wildman–Crippen LogP) is 1.96. The molecule has 2 aromatic heterocycles. The van der Waals surface area contributed by atoms with Gasteiger partial charge in [-0.05, 0) is 17.7 Å². The molecule has 8 nitrogen and oxygen atoms in total. The van der Waals surface area contributed by atoms with Crippen LogP contribution < -0.4 is 5.32 Å². The number of aromatic nitrogens is 4. The zero-order valence-corrected chi connectivity index (χ0v) is 15.9. The van der Waals surface area contributed by atoms with Gasteiger partial charge >= 0.3 is 0 Å². The second-order valence-corrected chi connectivity index (χ2v) is 6.93. The number of benzene rings is 1. The minimum atomic E-state index is -0.367. The van der Waals surface area contributed by atoms with Crippen molar-refractivity contribution < 1.29 is 14.2 Å². The minimum absolute atomic E-state index is 0.0931. The van der Waals surface area contributed by atoms with Crippen LogP contribution in [0.25, 0.3) is 11.2 Å². The summed E-state index contributed by atoms with van der Waals surface area (Å²) in [5.41, 5.74) is 2.29. The summed E-state index contributed by atoms with van der Waals surface area (Å²) in [5.74, 6) is 0.374. The van der Waals surface area contributed by atoms with E-state index in [1.807, 2.05) is 4.57 Å². The molecule has 0 bridgehead atoms. The maximum absolute atomic E-state index is 13.2. The van der Waals surface area contributed by atoms with Gasteiger partial charge in [-0.1, -0.05) is 18.2 Å². The number of halogens is 1. The van der Waals surface area contributed by atoms with Gasteiger partial charge < -0.3 is 15.2 Å². The Morgan fingerprint density at radius 2 is 2.07 bits per heavy atom.